The fourth-order valence-electron chi connectivity index (χ4n) is 3.97. The molecule has 1 atom stereocenters. The quantitative estimate of drug-likeness (QED) is 0.621. The summed E-state index contributed by atoms with van der Waals surface area (Å²) in [5, 5.41) is 3.38. The summed E-state index contributed by atoms with van der Waals surface area (Å²) in [6.07, 6.45) is 4.86. The molecule has 2 amide bonds. The standard InChI is InChI=1S/C24H26N6O2/c1-15-8-9-17(12-20(15)27-13-18-6-3-4-10-26-18)24(32)30-11-5-7-21(30)23-28-14-19(22(25)31)16(2)29-23/h3-4,6,8-10,12,14,21,27H,5,7,11,13H2,1-2H3,(H2,25,31)/t21-/m1/s1. The van der Waals surface area contributed by atoms with Crippen LogP contribution >= 0.6 is 0 Å². The Kier molecular flexibility index (Phi) is 6.11. The molecule has 0 radical (unpaired) electrons. The van der Waals surface area contributed by atoms with Crippen molar-refractivity contribution in [2.75, 3.05) is 11.9 Å². The summed E-state index contributed by atoms with van der Waals surface area (Å²) >= 11 is 0. The Labute approximate surface area is 186 Å². The number of pyridine rings is 1. The number of hydrogen-bond donors (Lipinski definition) is 2. The molecule has 1 saturated heterocycles. The van der Waals surface area contributed by atoms with Crippen molar-refractivity contribution in [1.82, 2.24) is 19.9 Å². The van der Waals surface area contributed by atoms with Crippen LogP contribution in [-0.2, 0) is 6.54 Å². The Morgan fingerprint density at radius 3 is 2.75 bits per heavy atom. The number of carbonyl (C=O) groups is 2. The predicted molar refractivity (Wildman–Crippen MR) is 121 cm³/mol. The molecule has 3 aromatic rings. The molecule has 1 aliphatic heterocycles. The molecule has 1 aromatic carbocycles. The molecule has 164 valence electrons. The minimum Gasteiger partial charge on any atom is -0.379 e. The molecule has 0 saturated carbocycles. The summed E-state index contributed by atoms with van der Waals surface area (Å²) in [6.45, 7) is 4.94. The topological polar surface area (TPSA) is 114 Å². The fourth-order valence-corrected chi connectivity index (χ4v) is 3.97. The zero-order chi connectivity index (χ0) is 22.7. The summed E-state index contributed by atoms with van der Waals surface area (Å²) in [5.41, 5.74) is 9.67. The van der Waals surface area contributed by atoms with E-state index in [9.17, 15) is 9.59 Å². The van der Waals surface area contributed by atoms with E-state index in [1.54, 1.807) is 13.1 Å². The second kappa shape index (κ2) is 9.13. The number of nitrogens with zero attached hydrogens (tertiary/aromatic N) is 4. The summed E-state index contributed by atoms with van der Waals surface area (Å²) < 4.78 is 0. The molecule has 1 aliphatic rings. The Morgan fingerprint density at radius 2 is 2.03 bits per heavy atom. The van der Waals surface area contributed by atoms with E-state index < -0.39 is 5.91 Å². The van der Waals surface area contributed by atoms with Crippen molar-refractivity contribution in [2.24, 2.45) is 5.73 Å². The first-order valence-electron chi connectivity index (χ1n) is 10.6. The number of aromatic nitrogens is 3. The second-order valence-electron chi connectivity index (χ2n) is 7.95. The lowest BCUT2D eigenvalue weighted by Crippen LogP contribution is -2.32. The molecular formula is C24H26N6O2. The van der Waals surface area contributed by atoms with Gasteiger partial charge in [0.2, 0.25) is 0 Å². The van der Waals surface area contributed by atoms with Crippen LogP contribution in [0, 0.1) is 13.8 Å². The van der Waals surface area contributed by atoms with Crippen LogP contribution in [0.1, 0.15) is 62.4 Å². The number of benzene rings is 1. The Hall–Kier alpha value is -3.81. The van der Waals surface area contributed by atoms with Crippen molar-refractivity contribution in [3.8, 4) is 0 Å². The first-order chi connectivity index (χ1) is 15.4. The van der Waals surface area contributed by atoms with Gasteiger partial charge in [0.05, 0.1) is 29.5 Å². The highest BCUT2D eigenvalue weighted by atomic mass is 16.2. The molecular weight excluding hydrogens is 404 g/mol. The zero-order valence-corrected chi connectivity index (χ0v) is 18.2. The third-order valence-corrected chi connectivity index (χ3v) is 5.75. The summed E-state index contributed by atoms with van der Waals surface area (Å²) in [5.74, 6) is -0.0774. The number of nitrogens with one attached hydrogen (secondary N) is 1. The molecule has 2 aromatic heterocycles. The number of anilines is 1. The van der Waals surface area contributed by atoms with E-state index >= 15 is 0 Å². The molecule has 3 N–H and O–H groups in total. The Balaban J connectivity index is 1.54. The minimum absolute atomic E-state index is 0.0615. The minimum atomic E-state index is -0.557. The van der Waals surface area contributed by atoms with Crippen LogP contribution in [0.2, 0.25) is 0 Å². The highest BCUT2D eigenvalue weighted by Gasteiger charge is 2.33. The molecule has 0 bridgehead atoms. The summed E-state index contributed by atoms with van der Waals surface area (Å²) in [6, 6.07) is 11.2. The van der Waals surface area contributed by atoms with Crippen molar-refractivity contribution in [3.05, 3.63) is 82.7 Å². The Morgan fingerprint density at radius 1 is 1.19 bits per heavy atom. The van der Waals surface area contributed by atoms with Gasteiger partial charge in [-0.05, 0) is 56.5 Å². The van der Waals surface area contributed by atoms with Crippen LogP contribution < -0.4 is 11.1 Å². The van der Waals surface area contributed by atoms with Gasteiger partial charge in [-0.25, -0.2) is 9.97 Å². The lowest BCUT2D eigenvalue weighted by molar-refractivity contribution is 0.0729. The number of hydrogen-bond acceptors (Lipinski definition) is 6. The molecule has 8 nitrogen and oxygen atoms in total. The maximum atomic E-state index is 13.4. The normalized spacial score (nSPS) is 15.6. The molecule has 8 heteroatoms. The highest BCUT2D eigenvalue weighted by molar-refractivity contribution is 5.96. The number of aryl methyl sites for hydroxylation is 2. The molecule has 4 rings (SSSR count). The highest BCUT2D eigenvalue weighted by Crippen LogP contribution is 2.32. The smallest absolute Gasteiger partial charge is 0.254 e. The largest absolute Gasteiger partial charge is 0.379 e. The average molecular weight is 431 g/mol. The van der Waals surface area contributed by atoms with E-state index in [1.165, 1.54) is 6.20 Å². The predicted octanol–water partition coefficient (Wildman–Crippen LogP) is 3.18. The van der Waals surface area contributed by atoms with Crippen LogP contribution in [0.25, 0.3) is 0 Å². The Bertz CT molecular complexity index is 1150. The zero-order valence-electron chi connectivity index (χ0n) is 18.2. The number of carbonyl (C=O) groups excluding carboxylic acids is 2. The lowest BCUT2D eigenvalue weighted by Gasteiger charge is -2.24. The fraction of sp³-hybridized carbons (Fsp3) is 0.292. The van der Waals surface area contributed by atoms with E-state index in [0.717, 1.165) is 29.8 Å². The van der Waals surface area contributed by atoms with Crippen LogP contribution in [0.3, 0.4) is 0 Å². The van der Waals surface area contributed by atoms with Gasteiger partial charge in [-0.1, -0.05) is 12.1 Å². The number of primary amides is 1. The summed E-state index contributed by atoms with van der Waals surface area (Å²) in [4.78, 5) is 39.8. The maximum absolute atomic E-state index is 13.4. The van der Waals surface area contributed by atoms with Crippen molar-refractivity contribution in [1.29, 1.82) is 0 Å². The van der Waals surface area contributed by atoms with Crippen molar-refractivity contribution in [2.45, 2.75) is 39.3 Å². The molecule has 3 heterocycles. The van der Waals surface area contributed by atoms with Crippen molar-refractivity contribution in [3.63, 3.8) is 0 Å². The number of nitrogens with two attached hydrogens (primary N) is 1. The van der Waals surface area contributed by atoms with E-state index in [-0.39, 0.29) is 11.9 Å². The lowest BCUT2D eigenvalue weighted by atomic mass is 10.1. The monoisotopic (exact) mass is 430 g/mol. The molecule has 1 fully saturated rings. The van der Waals surface area contributed by atoms with E-state index in [1.807, 2.05) is 48.2 Å². The van der Waals surface area contributed by atoms with E-state index in [4.69, 9.17) is 5.73 Å². The van der Waals surface area contributed by atoms with E-state index in [0.29, 0.717) is 35.7 Å². The first kappa shape index (κ1) is 21.4. The van der Waals surface area contributed by atoms with Gasteiger partial charge in [-0.2, -0.15) is 0 Å². The molecule has 0 spiro atoms. The number of amides is 2. The van der Waals surface area contributed by atoms with Gasteiger partial charge in [-0.3, -0.25) is 14.6 Å². The molecule has 0 unspecified atom stereocenters. The first-order valence-corrected chi connectivity index (χ1v) is 10.6. The van der Waals surface area contributed by atoms with E-state index in [2.05, 4.69) is 20.3 Å². The summed E-state index contributed by atoms with van der Waals surface area (Å²) in [7, 11) is 0. The average Bonchev–Trinajstić information content (AvgIpc) is 3.28. The van der Waals surface area contributed by atoms with Crippen molar-refractivity contribution < 1.29 is 9.59 Å². The van der Waals surface area contributed by atoms with Gasteiger partial charge in [0, 0.05) is 30.2 Å². The number of rotatable bonds is 6. The van der Waals surface area contributed by atoms with Crippen LogP contribution in [0.5, 0.6) is 0 Å². The maximum Gasteiger partial charge on any atom is 0.254 e. The second-order valence-corrected chi connectivity index (χ2v) is 7.95. The molecule has 32 heavy (non-hydrogen) atoms. The van der Waals surface area contributed by atoms with Gasteiger partial charge in [-0.15, -0.1) is 0 Å². The van der Waals surface area contributed by atoms with Crippen LogP contribution in [0.4, 0.5) is 5.69 Å². The van der Waals surface area contributed by atoms with Crippen LogP contribution in [-0.4, -0.2) is 38.2 Å². The van der Waals surface area contributed by atoms with Gasteiger partial charge >= 0.3 is 0 Å². The number of likely N-dealkylation sites (tertiary alicyclic amines) is 1. The van der Waals surface area contributed by atoms with Crippen LogP contribution in [0.15, 0.2) is 48.8 Å². The third kappa shape index (κ3) is 4.44. The third-order valence-electron chi connectivity index (χ3n) is 5.75. The SMILES string of the molecule is Cc1ccc(C(=O)N2CCC[C@@H]2c2ncc(C(N)=O)c(C)n2)cc1NCc1ccccn1. The van der Waals surface area contributed by atoms with Gasteiger partial charge in [0.1, 0.15) is 0 Å². The van der Waals surface area contributed by atoms with Gasteiger partial charge < -0.3 is 16.0 Å². The van der Waals surface area contributed by atoms with Gasteiger partial charge in [0.15, 0.2) is 5.82 Å². The van der Waals surface area contributed by atoms with Gasteiger partial charge in [0.25, 0.3) is 11.8 Å². The van der Waals surface area contributed by atoms with Crippen molar-refractivity contribution >= 4 is 17.5 Å². The molecule has 0 aliphatic carbocycles.